The van der Waals surface area contributed by atoms with Crippen LogP contribution in [0.3, 0.4) is 0 Å². The first kappa shape index (κ1) is 28.2. The number of carboxylic acid groups (broad SMARTS) is 1. The van der Waals surface area contributed by atoms with E-state index < -0.39 is 24.0 Å². The van der Waals surface area contributed by atoms with E-state index >= 15 is 0 Å². The van der Waals surface area contributed by atoms with Gasteiger partial charge >= 0.3 is 12.1 Å². The van der Waals surface area contributed by atoms with Crippen LogP contribution < -0.4 is 5.32 Å². The molecule has 8 nitrogen and oxygen atoms in total. The molecule has 2 N–H and O–H groups in total. The molecule has 2 aromatic rings. The number of hydrogen-bond donors (Lipinski definition) is 2. The van der Waals surface area contributed by atoms with E-state index in [1.54, 1.807) is 6.92 Å². The fraction of sp³-hybridized carbons (Fsp3) is 0.452. The molecule has 0 heterocycles. The predicted octanol–water partition coefficient (Wildman–Crippen LogP) is 5.18. The number of nitrogens with one attached hydrogen (secondary N) is 1. The van der Waals surface area contributed by atoms with E-state index in [1.165, 1.54) is 0 Å². The van der Waals surface area contributed by atoms with Gasteiger partial charge < -0.3 is 15.2 Å². The van der Waals surface area contributed by atoms with Crippen molar-refractivity contribution in [1.29, 1.82) is 0 Å². The molecule has 1 atom stereocenters. The van der Waals surface area contributed by atoms with E-state index in [2.05, 4.69) is 10.3 Å². The van der Waals surface area contributed by atoms with Crippen molar-refractivity contribution in [3.63, 3.8) is 0 Å². The smallest absolute Gasteiger partial charge is 0.407 e. The Bertz CT molecular complexity index is 1230. The van der Waals surface area contributed by atoms with Gasteiger partial charge in [0.25, 0.3) is 0 Å². The molecule has 0 aromatic heterocycles. The normalized spacial score (nSPS) is 17.9. The Labute approximate surface area is 228 Å². The van der Waals surface area contributed by atoms with Crippen LogP contribution in [0.5, 0.6) is 0 Å². The van der Waals surface area contributed by atoms with E-state index in [0.29, 0.717) is 37.9 Å². The minimum atomic E-state index is -1.13. The number of carbonyl (C=O) groups excluding carboxylic acids is 3. The van der Waals surface area contributed by atoms with Crippen molar-refractivity contribution in [2.24, 2.45) is 16.3 Å². The molecule has 0 bridgehead atoms. The molecule has 0 unspecified atom stereocenters. The van der Waals surface area contributed by atoms with Gasteiger partial charge in [-0.3, -0.25) is 14.6 Å². The molecule has 1 fully saturated rings. The molecule has 2 aliphatic carbocycles. The number of nitrogens with zero attached hydrogens (tertiary/aromatic N) is 1. The van der Waals surface area contributed by atoms with Crippen LogP contribution in [-0.2, 0) is 19.1 Å². The van der Waals surface area contributed by atoms with Gasteiger partial charge in [-0.25, -0.2) is 9.59 Å². The summed E-state index contributed by atoms with van der Waals surface area (Å²) in [7, 11) is 0. The summed E-state index contributed by atoms with van der Waals surface area (Å²) in [6.07, 6.45) is 1.22. The number of carbonyl (C=O) groups is 4. The summed E-state index contributed by atoms with van der Waals surface area (Å²) >= 11 is 0. The van der Waals surface area contributed by atoms with Crippen LogP contribution in [-0.4, -0.2) is 53.6 Å². The highest BCUT2D eigenvalue weighted by molar-refractivity contribution is 6.21. The zero-order chi connectivity index (χ0) is 28.2. The SMILES string of the molecule is CC(=NCCCC[C@H](NC(=O)OCC1c2ccccc2-c2ccccc21)C(=O)O)C1C(=O)CC(C)(C)CC1=O. The fourth-order valence-electron chi connectivity index (χ4n) is 5.70. The van der Waals surface area contributed by atoms with Crippen molar-refractivity contribution in [2.75, 3.05) is 13.2 Å². The molecular weight excluding hydrogens is 496 g/mol. The molecular formula is C31H36N2O6. The summed E-state index contributed by atoms with van der Waals surface area (Å²) in [5.41, 5.74) is 4.60. The quantitative estimate of drug-likeness (QED) is 0.247. The lowest BCUT2D eigenvalue weighted by Gasteiger charge is -2.31. The number of ketones is 2. The maximum Gasteiger partial charge on any atom is 0.407 e. The minimum absolute atomic E-state index is 0.0873. The third kappa shape index (κ3) is 6.61. The average molecular weight is 533 g/mol. The monoisotopic (exact) mass is 532 g/mol. The standard InChI is InChI=1S/C31H36N2O6/c1-19(28-26(34)16-31(2,3)17-27(28)35)32-15-9-8-14-25(29(36)37)33-30(38)39-18-24-22-12-6-4-10-20(22)21-11-5-7-13-23(21)24/h4-7,10-13,24-25,28H,8-9,14-18H2,1-3H3,(H,33,38)(H,36,37)/t25-/m0/s1. The largest absolute Gasteiger partial charge is 0.480 e. The molecule has 0 aliphatic heterocycles. The number of ether oxygens (including phenoxy) is 1. The topological polar surface area (TPSA) is 122 Å². The minimum Gasteiger partial charge on any atom is -0.480 e. The number of Topliss-reactive ketones (excluding diaryl/α,β-unsaturated/α-hetero) is 2. The number of aliphatic carboxylic acids is 1. The van der Waals surface area contributed by atoms with E-state index in [9.17, 15) is 24.3 Å². The molecule has 8 heteroatoms. The van der Waals surface area contributed by atoms with E-state index in [4.69, 9.17) is 4.74 Å². The summed E-state index contributed by atoms with van der Waals surface area (Å²) < 4.78 is 5.48. The van der Waals surface area contributed by atoms with E-state index in [-0.39, 0.29) is 35.9 Å². The molecule has 1 saturated carbocycles. The van der Waals surface area contributed by atoms with Crippen LogP contribution in [0.25, 0.3) is 11.1 Å². The summed E-state index contributed by atoms with van der Waals surface area (Å²) in [6, 6.07) is 14.9. The number of rotatable bonds is 10. The van der Waals surface area contributed by atoms with E-state index in [1.807, 2.05) is 62.4 Å². The molecule has 0 radical (unpaired) electrons. The zero-order valence-corrected chi connectivity index (χ0v) is 22.7. The lowest BCUT2D eigenvalue weighted by Crippen LogP contribution is -2.41. The summed E-state index contributed by atoms with van der Waals surface area (Å²) in [5.74, 6) is -2.18. The van der Waals surface area contributed by atoms with Crippen molar-refractivity contribution in [2.45, 2.75) is 64.8 Å². The molecule has 2 aliphatic rings. The first-order valence-electron chi connectivity index (χ1n) is 13.5. The number of alkyl carbamates (subject to hydrolysis) is 1. The van der Waals surface area contributed by atoms with Crippen molar-refractivity contribution >= 4 is 29.3 Å². The second-order valence-electron chi connectivity index (χ2n) is 11.3. The van der Waals surface area contributed by atoms with Crippen molar-refractivity contribution in [3.8, 4) is 11.1 Å². The van der Waals surface area contributed by atoms with E-state index in [0.717, 1.165) is 22.3 Å². The Morgan fingerprint density at radius 2 is 1.56 bits per heavy atom. The number of hydrogen-bond acceptors (Lipinski definition) is 6. The van der Waals surface area contributed by atoms with Crippen LogP contribution in [0, 0.1) is 11.3 Å². The maximum absolute atomic E-state index is 12.5. The second kappa shape index (κ2) is 11.9. The lowest BCUT2D eigenvalue weighted by atomic mass is 9.70. The Morgan fingerprint density at radius 3 is 2.13 bits per heavy atom. The Kier molecular flexibility index (Phi) is 8.63. The summed E-state index contributed by atoms with van der Waals surface area (Å²) in [6.45, 7) is 6.03. The molecule has 0 saturated heterocycles. The number of fused-ring (bicyclic) bond motifs is 3. The number of benzene rings is 2. The van der Waals surface area contributed by atoms with Gasteiger partial charge in [0.15, 0.2) is 0 Å². The number of carboxylic acids is 1. The molecule has 2 aromatic carbocycles. The highest BCUT2D eigenvalue weighted by atomic mass is 16.5. The van der Waals surface area contributed by atoms with Gasteiger partial charge in [-0.15, -0.1) is 0 Å². The molecule has 0 spiro atoms. The molecule has 1 amide bonds. The summed E-state index contributed by atoms with van der Waals surface area (Å²) in [4.78, 5) is 53.6. The van der Waals surface area contributed by atoms with Crippen LogP contribution in [0.2, 0.25) is 0 Å². The average Bonchev–Trinajstić information content (AvgIpc) is 3.19. The molecule has 39 heavy (non-hydrogen) atoms. The van der Waals surface area contributed by atoms with Crippen LogP contribution >= 0.6 is 0 Å². The van der Waals surface area contributed by atoms with Gasteiger partial charge in [0.2, 0.25) is 0 Å². The van der Waals surface area contributed by atoms with Gasteiger partial charge in [-0.1, -0.05) is 62.4 Å². The predicted molar refractivity (Wildman–Crippen MR) is 148 cm³/mol. The maximum atomic E-state index is 12.5. The van der Waals surface area contributed by atoms with Crippen molar-refractivity contribution in [1.82, 2.24) is 5.32 Å². The first-order chi connectivity index (χ1) is 18.6. The Hall–Kier alpha value is -3.81. The third-order valence-corrected chi connectivity index (χ3v) is 7.56. The Morgan fingerprint density at radius 1 is 1.00 bits per heavy atom. The van der Waals surface area contributed by atoms with Gasteiger partial charge in [-0.05, 0) is 53.9 Å². The highest BCUT2D eigenvalue weighted by Gasteiger charge is 2.40. The van der Waals surface area contributed by atoms with Gasteiger partial charge in [0, 0.05) is 31.0 Å². The van der Waals surface area contributed by atoms with Crippen molar-refractivity contribution in [3.05, 3.63) is 59.7 Å². The van der Waals surface area contributed by atoms with Crippen LogP contribution in [0.1, 0.15) is 69.9 Å². The Balaban J connectivity index is 1.25. The third-order valence-electron chi connectivity index (χ3n) is 7.56. The van der Waals surface area contributed by atoms with Gasteiger partial charge in [0.1, 0.15) is 30.1 Å². The van der Waals surface area contributed by atoms with Crippen molar-refractivity contribution < 1.29 is 29.0 Å². The number of amides is 1. The summed E-state index contributed by atoms with van der Waals surface area (Å²) in [5, 5.41) is 12.1. The lowest BCUT2D eigenvalue weighted by molar-refractivity contribution is -0.140. The van der Waals surface area contributed by atoms with Crippen LogP contribution in [0.4, 0.5) is 4.79 Å². The first-order valence-corrected chi connectivity index (χ1v) is 13.5. The number of aliphatic imine (C=N–C) groups is 1. The molecule has 4 rings (SSSR count). The van der Waals surface area contributed by atoms with Gasteiger partial charge in [0.05, 0.1) is 0 Å². The molecule has 206 valence electrons. The zero-order valence-electron chi connectivity index (χ0n) is 22.7. The highest BCUT2D eigenvalue weighted by Crippen LogP contribution is 2.44. The number of unbranched alkanes of at least 4 members (excludes halogenated alkanes) is 1. The fourth-order valence-corrected chi connectivity index (χ4v) is 5.70. The van der Waals surface area contributed by atoms with Gasteiger partial charge in [-0.2, -0.15) is 0 Å². The van der Waals surface area contributed by atoms with Crippen LogP contribution in [0.15, 0.2) is 53.5 Å². The second-order valence-corrected chi connectivity index (χ2v) is 11.3.